The summed E-state index contributed by atoms with van der Waals surface area (Å²) in [6.45, 7) is 2.31. The molecule has 1 aliphatic heterocycles. The van der Waals surface area contributed by atoms with Crippen LogP contribution in [-0.2, 0) is 0 Å². The van der Waals surface area contributed by atoms with Crippen molar-refractivity contribution in [2.75, 3.05) is 37.8 Å². The fourth-order valence-electron chi connectivity index (χ4n) is 2.96. The molecular weight excluding hydrogens is 280 g/mol. The molecule has 0 atom stereocenters. The molecule has 4 nitrogen and oxygen atoms in total. The SMILES string of the molecule is CN1CCC(N(C)c2snc(N)c2-c2ccccc2)CC1. The van der Waals surface area contributed by atoms with Crippen LogP contribution < -0.4 is 10.6 Å². The summed E-state index contributed by atoms with van der Waals surface area (Å²) in [6, 6.07) is 10.9. The van der Waals surface area contributed by atoms with Crippen LogP contribution in [0.5, 0.6) is 0 Å². The molecule has 3 rings (SSSR count). The van der Waals surface area contributed by atoms with Crippen LogP contribution in [0.3, 0.4) is 0 Å². The third kappa shape index (κ3) is 2.89. The molecule has 0 saturated carbocycles. The van der Waals surface area contributed by atoms with E-state index in [0.717, 1.165) is 24.2 Å². The van der Waals surface area contributed by atoms with Crippen LogP contribution >= 0.6 is 11.5 Å². The first-order valence-corrected chi connectivity index (χ1v) is 8.16. The number of nitrogens with two attached hydrogens (primary N) is 1. The molecule has 1 aromatic heterocycles. The summed E-state index contributed by atoms with van der Waals surface area (Å²) in [5.74, 6) is 0.640. The molecule has 0 spiro atoms. The lowest BCUT2D eigenvalue weighted by Gasteiger charge is -2.35. The van der Waals surface area contributed by atoms with Crippen molar-refractivity contribution in [1.82, 2.24) is 9.27 Å². The Bertz CT molecular complexity index is 588. The van der Waals surface area contributed by atoms with Gasteiger partial charge in [0, 0.05) is 13.1 Å². The maximum absolute atomic E-state index is 6.13. The van der Waals surface area contributed by atoms with Crippen LogP contribution in [0, 0.1) is 0 Å². The zero-order valence-electron chi connectivity index (χ0n) is 12.6. The van der Waals surface area contributed by atoms with E-state index in [4.69, 9.17) is 5.73 Å². The Kier molecular flexibility index (Phi) is 4.12. The van der Waals surface area contributed by atoms with Gasteiger partial charge in [-0.1, -0.05) is 30.3 Å². The molecule has 2 aromatic rings. The third-order valence-electron chi connectivity index (χ3n) is 4.32. The van der Waals surface area contributed by atoms with Gasteiger partial charge in [-0.3, -0.25) is 0 Å². The van der Waals surface area contributed by atoms with E-state index < -0.39 is 0 Å². The van der Waals surface area contributed by atoms with Gasteiger partial charge in [-0.25, -0.2) is 0 Å². The first-order chi connectivity index (χ1) is 10.2. The van der Waals surface area contributed by atoms with E-state index in [1.54, 1.807) is 0 Å². The van der Waals surface area contributed by atoms with Crippen molar-refractivity contribution in [3.63, 3.8) is 0 Å². The molecule has 0 aliphatic carbocycles. The minimum absolute atomic E-state index is 0.573. The van der Waals surface area contributed by atoms with Crippen LogP contribution in [0.1, 0.15) is 12.8 Å². The van der Waals surface area contributed by atoms with Gasteiger partial charge in [-0.05, 0) is 50.1 Å². The van der Waals surface area contributed by atoms with Gasteiger partial charge >= 0.3 is 0 Å². The molecule has 1 saturated heterocycles. The van der Waals surface area contributed by atoms with Gasteiger partial charge in [-0.15, -0.1) is 0 Å². The molecular formula is C16H22N4S. The third-order valence-corrected chi connectivity index (χ3v) is 5.27. The second-order valence-corrected chi connectivity index (χ2v) is 6.51. The number of hydrogen-bond donors (Lipinski definition) is 1. The van der Waals surface area contributed by atoms with Gasteiger partial charge in [0.2, 0.25) is 0 Å². The van der Waals surface area contributed by atoms with Crippen LogP contribution in [0.25, 0.3) is 11.1 Å². The lowest BCUT2D eigenvalue weighted by atomic mass is 10.0. The van der Waals surface area contributed by atoms with E-state index in [-0.39, 0.29) is 0 Å². The molecule has 1 aromatic carbocycles. The molecule has 2 N–H and O–H groups in total. The quantitative estimate of drug-likeness (QED) is 0.947. The smallest absolute Gasteiger partial charge is 0.147 e. The summed E-state index contributed by atoms with van der Waals surface area (Å²) in [7, 11) is 4.37. The number of anilines is 2. The van der Waals surface area contributed by atoms with Crippen LogP contribution in [0.15, 0.2) is 30.3 Å². The second kappa shape index (κ2) is 6.03. The average molecular weight is 302 g/mol. The number of benzene rings is 1. The highest BCUT2D eigenvalue weighted by atomic mass is 32.1. The predicted octanol–water partition coefficient (Wildman–Crippen LogP) is 2.92. The van der Waals surface area contributed by atoms with Gasteiger partial charge in [-0.2, -0.15) is 4.37 Å². The fourth-order valence-corrected chi connectivity index (χ4v) is 3.83. The van der Waals surface area contributed by atoms with Gasteiger partial charge in [0.05, 0.1) is 5.56 Å². The van der Waals surface area contributed by atoms with Crippen LogP contribution in [0.4, 0.5) is 10.8 Å². The lowest BCUT2D eigenvalue weighted by Crippen LogP contribution is -2.41. The van der Waals surface area contributed by atoms with Gasteiger partial charge in [0.1, 0.15) is 10.8 Å². The van der Waals surface area contributed by atoms with Crippen LogP contribution in [-0.4, -0.2) is 42.5 Å². The molecule has 21 heavy (non-hydrogen) atoms. The van der Waals surface area contributed by atoms with Crippen molar-refractivity contribution in [1.29, 1.82) is 0 Å². The molecule has 5 heteroatoms. The number of piperidine rings is 1. The monoisotopic (exact) mass is 302 g/mol. The molecule has 1 aliphatic rings. The first kappa shape index (κ1) is 14.4. The van der Waals surface area contributed by atoms with Crippen LogP contribution in [0.2, 0.25) is 0 Å². The minimum atomic E-state index is 0.573. The Labute approximate surface area is 130 Å². The number of likely N-dealkylation sites (tertiary alicyclic amines) is 1. The molecule has 0 amide bonds. The molecule has 0 unspecified atom stereocenters. The lowest BCUT2D eigenvalue weighted by molar-refractivity contribution is 0.253. The second-order valence-electron chi connectivity index (χ2n) is 5.76. The van der Waals surface area contributed by atoms with Gasteiger partial charge in [0.15, 0.2) is 0 Å². The van der Waals surface area contributed by atoms with Crippen molar-refractivity contribution < 1.29 is 0 Å². The largest absolute Gasteiger partial charge is 0.382 e. The summed E-state index contributed by atoms with van der Waals surface area (Å²) in [5, 5.41) is 1.19. The molecule has 2 heterocycles. The minimum Gasteiger partial charge on any atom is -0.382 e. The van der Waals surface area contributed by atoms with E-state index in [0.29, 0.717) is 11.9 Å². The highest BCUT2D eigenvalue weighted by Gasteiger charge is 2.25. The predicted molar refractivity (Wildman–Crippen MR) is 90.9 cm³/mol. The van der Waals surface area contributed by atoms with Crippen molar-refractivity contribution in [3.05, 3.63) is 30.3 Å². The maximum atomic E-state index is 6.13. The van der Waals surface area contributed by atoms with Gasteiger partial charge < -0.3 is 15.5 Å². The Balaban J connectivity index is 1.89. The van der Waals surface area contributed by atoms with Crippen molar-refractivity contribution in [2.24, 2.45) is 0 Å². The molecule has 0 bridgehead atoms. The number of aromatic nitrogens is 1. The summed E-state index contributed by atoms with van der Waals surface area (Å²) >= 11 is 1.51. The zero-order valence-corrected chi connectivity index (χ0v) is 13.4. The Morgan fingerprint density at radius 3 is 2.57 bits per heavy atom. The number of rotatable bonds is 3. The fraction of sp³-hybridized carbons (Fsp3) is 0.438. The van der Waals surface area contributed by atoms with E-state index in [1.807, 2.05) is 18.2 Å². The van der Waals surface area contributed by atoms with Gasteiger partial charge in [0.25, 0.3) is 0 Å². The molecule has 0 radical (unpaired) electrons. The number of nitrogen functional groups attached to an aromatic ring is 1. The zero-order chi connectivity index (χ0) is 14.8. The topological polar surface area (TPSA) is 45.4 Å². The summed E-state index contributed by atoms with van der Waals surface area (Å²) in [4.78, 5) is 4.77. The summed E-state index contributed by atoms with van der Waals surface area (Å²) in [5.41, 5.74) is 8.36. The Morgan fingerprint density at radius 1 is 1.24 bits per heavy atom. The highest BCUT2D eigenvalue weighted by Crippen LogP contribution is 2.40. The first-order valence-electron chi connectivity index (χ1n) is 7.38. The van der Waals surface area contributed by atoms with Crippen molar-refractivity contribution in [3.8, 4) is 11.1 Å². The van der Waals surface area contributed by atoms with E-state index in [2.05, 4.69) is 40.4 Å². The van der Waals surface area contributed by atoms with Crippen molar-refractivity contribution >= 4 is 22.4 Å². The van der Waals surface area contributed by atoms with E-state index in [1.165, 1.54) is 29.4 Å². The average Bonchev–Trinajstić information content (AvgIpc) is 2.90. The normalized spacial score (nSPS) is 17.0. The van der Waals surface area contributed by atoms with E-state index >= 15 is 0 Å². The Morgan fingerprint density at radius 2 is 1.90 bits per heavy atom. The maximum Gasteiger partial charge on any atom is 0.147 e. The highest BCUT2D eigenvalue weighted by molar-refractivity contribution is 7.11. The van der Waals surface area contributed by atoms with E-state index in [9.17, 15) is 0 Å². The Hall–Kier alpha value is -1.59. The van der Waals surface area contributed by atoms with Crippen molar-refractivity contribution in [2.45, 2.75) is 18.9 Å². The summed E-state index contributed by atoms with van der Waals surface area (Å²) in [6.07, 6.45) is 2.39. The number of hydrogen-bond acceptors (Lipinski definition) is 5. The molecule has 1 fully saturated rings. The summed E-state index contributed by atoms with van der Waals surface area (Å²) < 4.78 is 4.39. The standard InChI is InChI=1S/C16H22N4S/c1-19-10-8-13(9-11-19)20(2)16-14(15(17)18-21-16)12-6-4-3-5-7-12/h3-7,13H,8-11H2,1-2H3,(H2,17,18). The number of nitrogens with zero attached hydrogens (tertiary/aromatic N) is 3. The molecule has 112 valence electrons.